The SMILES string of the molecule is O=C(Nc1ccc(O)cc1)NC(CCCCNC(O)c1ccc2ccccc2c1)C(=O)NCC(c1ccccc1)c1ccccc1. The predicted molar refractivity (Wildman–Crippen MR) is 183 cm³/mol. The lowest BCUT2D eigenvalue weighted by Gasteiger charge is -2.23. The van der Waals surface area contributed by atoms with E-state index in [2.05, 4.69) is 21.3 Å². The lowest BCUT2D eigenvalue weighted by molar-refractivity contribution is -0.123. The summed E-state index contributed by atoms with van der Waals surface area (Å²) in [5.41, 5.74) is 3.45. The third-order valence-corrected chi connectivity index (χ3v) is 7.98. The number of carbonyl (C=O) groups excluding carboxylic acids is 2. The second-order valence-corrected chi connectivity index (χ2v) is 11.3. The molecule has 0 heterocycles. The van der Waals surface area contributed by atoms with Gasteiger partial charge in [-0.25, -0.2) is 4.79 Å². The molecule has 2 atom stereocenters. The van der Waals surface area contributed by atoms with E-state index in [1.165, 1.54) is 12.1 Å². The van der Waals surface area contributed by atoms with Gasteiger partial charge in [0.1, 0.15) is 18.0 Å². The van der Waals surface area contributed by atoms with E-state index in [0.717, 1.165) is 27.5 Å². The van der Waals surface area contributed by atoms with Gasteiger partial charge >= 0.3 is 6.03 Å². The molecule has 5 aromatic carbocycles. The highest BCUT2D eigenvalue weighted by molar-refractivity contribution is 5.93. The van der Waals surface area contributed by atoms with Crippen LogP contribution in [0.1, 0.15) is 48.1 Å². The van der Waals surface area contributed by atoms with Crippen LogP contribution in [0.4, 0.5) is 10.5 Å². The van der Waals surface area contributed by atoms with Crippen LogP contribution in [0.2, 0.25) is 0 Å². The first-order chi connectivity index (χ1) is 22.5. The first kappa shape index (κ1) is 32.2. The molecule has 0 spiro atoms. The van der Waals surface area contributed by atoms with Crippen molar-refractivity contribution in [1.82, 2.24) is 16.0 Å². The molecule has 0 bridgehead atoms. The number of hydrogen-bond acceptors (Lipinski definition) is 5. The monoisotopic (exact) mass is 616 g/mol. The maximum Gasteiger partial charge on any atom is 0.319 e. The minimum atomic E-state index is -0.814. The van der Waals surface area contributed by atoms with Crippen LogP contribution in [0.15, 0.2) is 127 Å². The highest BCUT2D eigenvalue weighted by Crippen LogP contribution is 2.24. The molecular formula is C38H40N4O4. The van der Waals surface area contributed by atoms with E-state index in [0.29, 0.717) is 38.0 Å². The fourth-order valence-electron chi connectivity index (χ4n) is 5.47. The largest absolute Gasteiger partial charge is 0.508 e. The fourth-order valence-corrected chi connectivity index (χ4v) is 5.47. The fraction of sp³-hybridized carbons (Fsp3) is 0.211. The number of anilines is 1. The van der Waals surface area contributed by atoms with E-state index in [-0.39, 0.29) is 17.6 Å². The zero-order chi connectivity index (χ0) is 32.1. The molecule has 0 radical (unpaired) electrons. The average Bonchev–Trinajstić information content (AvgIpc) is 3.09. The molecule has 0 aliphatic carbocycles. The van der Waals surface area contributed by atoms with Gasteiger partial charge in [-0.15, -0.1) is 0 Å². The third-order valence-electron chi connectivity index (χ3n) is 7.98. The normalized spacial score (nSPS) is 12.4. The van der Waals surface area contributed by atoms with E-state index < -0.39 is 18.3 Å². The number of unbranched alkanes of at least 4 members (excludes halogenated alkanes) is 1. The number of fused-ring (bicyclic) bond motifs is 1. The van der Waals surface area contributed by atoms with Gasteiger partial charge in [0.25, 0.3) is 0 Å². The number of phenolic OH excluding ortho intramolecular Hbond substituents is 1. The van der Waals surface area contributed by atoms with Crippen LogP contribution >= 0.6 is 0 Å². The van der Waals surface area contributed by atoms with Crippen molar-refractivity contribution in [2.24, 2.45) is 0 Å². The number of benzene rings is 5. The molecule has 2 unspecified atom stereocenters. The molecule has 3 amide bonds. The molecule has 0 aliphatic rings. The maximum absolute atomic E-state index is 13.6. The van der Waals surface area contributed by atoms with Crippen molar-refractivity contribution >= 4 is 28.4 Å². The number of carbonyl (C=O) groups is 2. The van der Waals surface area contributed by atoms with Crippen LogP contribution in [0, 0.1) is 0 Å². The average molecular weight is 617 g/mol. The molecule has 236 valence electrons. The Morgan fingerprint density at radius 2 is 1.30 bits per heavy atom. The molecular weight excluding hydrogens is 576 g/mol. The van der Waals surface area contributed by atoms with E-state index in [1.54, 1.807) is 12.1 Å². The first-order valence-electron chi connectivity index (χ1n) is 15.6. The second-order valence-electron chi connectivity index (χ2n) is 11.3. The smallest absolute Gasteiger partial charge is 0.319 e. The predicted octanol–water partition coefficient (Wildman–Crippen LogP) is 6.43. The van der Waals surface area contributed by atoms with Crippen molar-refractivity contribution in [3.05, 3.63) is 144 Å². The van der Waals surface area contributed by atoms with Gasteiger partial charge in [0.2, 0.25) is 5.91 Å². The number of aliphatic hydroxyl groups excluding tert-OH is 1. The van der Waals surface area contributed by atoms with Crippen molar-refractivity contribution < 1.29 is 19.8 Å². The Bertz CT molecular complexity index is 1660. The molecule has 46 heavy (non-hydrogen) atoms. The van der Waals surface area contributed by atoms with Gasteiger partial charge in [-0.05, 0) is 83.6 Å². The second kappa shape index (κ2) is 16.2. The van der Waals surface area contributed by atoms with E-state index in [4.69, 9.17) is 0 Å². The molecule has 0 saturated heterocycles. The van der Waals surface area contributed by atoms with Crippen LogP contribution < -0.4 is 21.3 Å². The van der Waals surface area contributed by atoms with Gasteiger partial charge in [0, 0.05) is 18.2 Å². The van der Waals surface area contributed by atoms with E-state index >= 15 is 0 Å². The Morgan fingerprint density at radius 1 is 0.674 bits per heavy atom. The zero-order valence-electron chi connectivity index (χ0n) is 25.6. The number of rotatable bonds is 14. The number of hydrogen-bond donors (Lipinski definition) is 6. The van der Waals surface area contributed by atoms with Crippen molar-refractivity contribution in [2.75, 3.05) is 18.4 Å². The molecule has 0 aromatic heterocycles. The van der Waals surface area contributed by atoms with Gasteiger partial charge in [-0.3, -0.25) is 10.1 Å². The molecule has 0 fully saturated rings. The summed E-state index contributed by atoms with van der Waals surface area (Å²) in [5, 5.41) is 34.2. The Hall–Kier alpha value is -5.18. The number of amides is 3. The summed E-state index contributed by atoms with van der Waals surface area (Å²) in [6.45, 7) is 0.899. The Morgan fingerprint density at radius 3 is 1.98 bits per heavy atom. The topological polar surface area (TPSA) is 123 Å². The summed E-state index contributed by atoms with van der Waals surface area (Å²) >= 11 is 0. The Balaban J connectivity index is 1.19. The molecule has 5 aromatic rings. The third kappa shape index (κ3) is 9.17. The van der Waals surface area contributed by atoms with E-state index in [1.807, 2.05) is 103 Å². The highest BCUT2D eigenvalue weighted by atomic mass is 16.3. The van der Waals surface area contributed by atoms with Crippen LogP contribution in [0.25, 0.3) is 10.8 Å². The van der Waals surface area contributed by atoms with Crippen molar-refractivity contribution in [1.29, 1.82) is 0 Å². The van der Waals surface area contributed by atoms with Gasteiger partial charge in [0.15, 0.2) is 0 Å². The van der Waals surface area contributed by atoms with Gasteiger partial charge in [-0.1, -0.05) is 97.1 Å². The van der Waals surface area contributed by atoms with Gasteiger partial charge < -0.3 is 26.2 Å². The summed E-state index contributed by atoms with van der Waals surface area (Å²) in [6, 6.07) is 38.8. The number of aliphatic hydroxyl groups is 1. The van der Waals surface area contributed by atoms with Gasteiger partial charge in [0.05, 0.1) is 0 Å². The van der Waals surface area contributed by atoms with Crippen LogP contribution in [0.5, 0.6) is 5.75 Å². The van der Waals surface area contributed by atoms with E-state index in [9.17, 15) is 19.8 Å². The number of nitrogens with one attached hydrogen (secondary N) is 4. The summed E-state index contributed by atoms with van der Waals surface area (Å²) < 4.78 is 0. The minimum absolute atomic E-state index is 0.0568. The molecule has 8 heteroatoms. The van der Waals surface area contributed by atoms with Crippen LogP contribution in [-0.2, 0) is 4.79 Å². The quantitative estimate of drug-likeness (QED) is 0.0488. The van der Waals surface area contributed by atoms with Crippen molar-refractivity contribution in [3.8, 4) is 5.75 Å². The lowest BCUT2D eigenvalue weighted by atomic mass is 9.91. The molecule has 6 N–H and O–H groups in total. The molecule has 0 aliphatic heterocycles. The summed E-state index contributed by atoms with van der Waals surface area (Å²) in [4.78, 5) is 26.5. The van der Waals surface area contributed by atoms with Crippen LogP contribution in [0.3, 0.4) is 0 Å². The molecule has 8 nitrogen and oxygen atoms in total. The summed E-state index contributed by atoms with van der Waals surface area (Å²) in [7, 11) is 0. The van der Waals surface area contributed by atoms with Crippen molar-refractivity contribution in [3.63, 3.8) is 0 Å². The number of phenols is 1. The lowest BCUT2D eigenvalue weighted by Crippen LogP contribution is -2.49. The standard InChI is InChI=1S/C38H40N4O4/c43-33-22-20-32(21-23-33)41-38(46)42-35(17-9-10-24-39-36(44)31-19-18-27-11-7-8-16-30(27)25-31)37(45)40-26-34(28-12-3-1-4-13-28)29-14-5-2-6-15-29/h1-8,11-16,18-23,25,34-36,39,43-44H,9-10,17,24,26H2,(H,40,45)(H2,41,42,46). The minimum Gasteiger partial charge on any atom is -0.508 e. The Kier molecular flexibility index (Phi) is 11.4. The number of urea groups is 1. The van der Waals surface area contributed by atoms with Gasteiger partial charge in [-0.2, -0.15) is 0 Å². The zero-order valence-corrected chi connectivity index (χ0v) is 25.6. The maximum atomic E-state index is 13.6. The Labute approximate surface area is 269 Å². The summed E-state index contributed by atoms with van der Waals surface area (Å²) in [5.74, 6) is -0.241. The molecule has 0 saturated carbocycles. The van der Waals surface area contributed by atoms with Crippen LogP contribution in [-0.4, -0.2) is 41.3 Å². The van der Waals surface area contributed by atoms with Crippen molar-refractivity contribution in [2.45, 2.75) is 37.5 Å². The molecule has 5 rings (SSSR count). The first-order valence-corrected chi connectivity index (χ1v) is 15.6. The highest BCUT2D eigenvalue weighted by Gasteiger charge is 2.23. The summed E-state index contributed by atoms with van der Waals surface area (Å²) in [6.07, 6.45) is 0.914. The number of aromatic hydroxyl groups is 1.